The summed E-state index contributed by atoms with van der Waals surface area (Å²) in [5.41, 5.74) is 1.61. The predicted molar refractivity (Wildman–Crippen MR) is 121 cm³/mol. The van der Waals surface area contributed by atoms with Crippen LogP contribution in [0.15, 0.2) is 48.8 Å². The first-order valence-corrected chi connectivity index (χ1v) is 11.0. The lowest BCUT2D eigenvalue weighted by Gasteiger charge is -2.33. The number of fused-ring (bicyclic) bond motifs is 1. The standard InChI is InChI=1S/C25H22F2N4O3/c1-25(24(32)33)8-6-17(7-9-25)34-21-5-3-15(12-28-21)14-2-4-18(19(27)10-14)22-30-20-11-16(26)13-29-23(20)31-22/h2-5,10-13,17H,6-9H2,1H3,(H,32,33)(H,29,30,31). The molecule has 0 aliphatic heterocycles. The van der Waals surface area contributed by atoms with Gasteiger partial charge in [-0.3, -0.25) is 4.79 Å². The van der Waals surface area contributed by atoms with Crippen molar-refractivity contribution in [1.29, 1.82) is 0 Å². The minimum atomic E-state index is -0.766. The summed E-state index contributed by atoms with van der Waals surface area (Å²) in [7, 11) is 0. The number of nitrogens with one attached hydrogen (secondary N) is 1. The van der Waals surface area contributed by atoms with Gasteiger partial charge in [-0.1, -0.05) is 6.07 Å². The van der Waals surface area contributed by atoms with Gasteiger partial charge >= 0.3 is 5.97 Å². The average Bonchev–Trinajstić information content (AvgIpc) is 3.24. The second-order valence-corrected chi connectivity index (χ2v) is 8.87. The summed E-state index contributed by atoms with van der Waals surface area (Å²) in [4.78, 5) is 26.8. The Morgan fingerprint density at radius 2 is 1.85 bits per heavy atom. The highest BCUT2D eigenvalue weighted by Crippen LogP contribution is 2.37. The molecule has 0 atom stereocenters. The number of nitrogens with zero attached hydrogens (tertiary/aromatic N) is 3. The second kappa shape index (κ2) is 8.48. The van der Waals surface area contributed by atoms with Crippen molar-refractivity contribution in [2.24, 2.45) is 5.41 Å². The molecule has 174 valence electrons. The molecule has 5 rings (SSSR count). The van der Waals surface area contributed by atoms with Gasteiger partial charge in [-0.05, 0) is 56.4 Å². The van der Waals surface area contributed by atoms with Gasteiger partial charge in [0.25, 0.3) is 0 Å². The molecule has 4 aromatic rings. The molecule has 0 amide bonds. The molecule has 0 unspecified atom stereocenters. The van der Waals surface area contributed by atoms with Gasteiger partial charge in [-0.2, -0.15) is 0 Å². The highest BCUT2D eigenvalue weighted by Gasteiger charge is 2.38. The molecule has 34 heavy (non-hydrogen) atoms. The number of aromatic nitrogens is 4. The number of imidazole rings is 1. The maximum absolute atomic E-state index is 14.9. The summed E-state index contributed by atoms with van der Waals surface area (Å²) in [6.45, 7) is 1.77. The van der Waals surface area contributed by atoms with E-state index < -0.39 is 23.0 Å². The number of carbonyl (C=O) groups is 1. The van der Waals surface area contributed by atoms with Crippen molar-refractivity contribution in [1.82, 2.24) is 19.9 Å². The Kier molecular flexibility index (Phi) is 5.47. The van der Waals surface area contributed by atoms with Crippen LogP contribution in [0.25, 0.3) is 33.7 Å². The van der Waals surface area contributed by atoms with E-state index in [1.807, 2.05) is 0 Å². The van der Waals surface area contributed by atoms with E-state index in [1.54, 1.807) is 37.4 Å². The third-order valence-electron chi connectivity index (χ3n) is 6.44. The van der Waals surface area contributed by atoms with E-state index >= 15 is 0 Å². The van der Waals surface area contributed by atoms with E-state index in [1.165, 1.54) is 12.1 Å². The Hall–Kier alpha value is -3.88. The predicted octanol–water partition coefficient (Wildman–Crippen LogP) is 5.38. The molecule has 1 fully saturated rings. The van der Waals surface area contributed by atoms with Crippen LogP contribution in [0.5, 0.6) is 5.88 Å². The van der Waals surface area contributed by atoms with Gasteiger partial charge in [0.2, 0.25) is 5.88 Å². The van der Waals surface area contributed by atoms with Gasteiger partial charge in [0.05, 0.1) is 22.7 Å². The van der Waals surface area contributed by atoms with E-state index in [2.05, 4.69) is 19.9 Å². The Morgan fingerprint density at radius 3 is 2.53 bits per heavy atom. The quantitative estimate of drug-likeness (QED) is 0.411. The molecule has 0 saturated heterocycles. The minimum absolute atomic E-state index is 0.0747. The first kappa shape index (κ1) is 21.9. The van der Waals surface area contributed by atoms with Crippen molar-refractivity contribution < 1.29 is 23.4 Å². The zero-order chi connectivity index (χ0) is 23.9. The summed E-state index contributed by atoms with van der Waals surface area (Å²) in [6.07, 6.45) is 5.04. The molecule has 0 radical (unpaired) electrons. The lowest BCUT2D eigenvalue weighted by atomic mass is 9.75. The number of rotatable bonds is 5. The maximum Gasteiger partial charge on any atom is 0.309 e. The van der Waals surface area contributed by atoms with Crippen LogP contribution >= 0.6 is 0 Å². The number of hydrogen-bond acceptors (Lipinski definition) is 5. The number of aromatic amines is 1. The fourth-order valence-corrected chi connectivity index (χ4v) is 4.24. The summed E-state index contributed by atoms with van der Waals surface area (Å²) in [5, 5.41) is 9.36. The van der Waals surface area contributed by atoms with E-state index in [0.717, 1.165) is 6.20 Å². The molecular weight excluding hydrogens is 442 g/mol. The van der Waals surface area contributed by atoms with Crippen LogP contribution in [0, 0.1) is 17.0 Å². The van der Waals surface area contributed by atoms with Crippen molar-refractivity contribution in [3.63, 3.8) is 0 Å². The molecule has 0 spiro atoms. The number of hydrogen-bond donors (Lipinski definition) is 2. The Balaban J connectivity index is 1.29. The van der Waals surface area contributed by atoms with E-state index in [9.17, 15) is 18.7 Å². The third-order valence-corrected chi connectivity index (χ3v) is 6.44. The molecule has 0 bridgehead atoms. The fraction of sp³-hybridized carbons (Fsp3) is 0.280. The molecule has 7 nitrogen and oxygen atoms in total. The van der Waals surface area contributed by atoms with E-state index in [0.29, 0.717) is 53.9 Å². The van der Waals surface area contributed by atoms with Gasteiger partial charge in [0, 0.05) is 23.9 Å². The zero-order valence-electron chi connectivity index (χ0n) is 18.4. The van der Waals surface area contributed by atoms with Crippen LogP contribution in [0.3, 0.4) is 0 Å². The molecule has 2 N–H and O–H groups in total. The topological polar surface area (TPSA) is 101 Å². The van der Waals surface area contributed by atoms with Crippen molar-refractivity contribution >= 4 is 17.1 Å². The number of halogens is 2. The number of carboxylic acids is 1. The molecule has 1 aromatic carbocycles. The number of benzene rings is 1. The lowest BCUT2D eigenvalue weighted by molar-refractivity contribution is -0.150. The summed E-state index contributed by atoms with van der Waals surface area (Å²) >= 11 is 0. The summed E-state index contributed by atoms with van der Waals surface area (Å²) in [6, 6.07) is 9.54. The Morgan fingerprint density at radius 1 is 1.09 bits per heavy atom. The SMILES string of the molecule is CC1(C(=O)O)CCC(Oc2ccc(-c3ccc(-c4nc5ncc(F)cc5[nH]4)c(F)c3)cn2)CC1. The second-order valence-electron chi connectivity index (χ2n) is 8.87. The van der Waals surface area contributed by atoms with E-state index in [4.69, 9.17) is 4.74 Å². The van der Waals surface area contributed by atoms with Gasteiger partial charge in [-0.15, -0.1) is 0 Å². The number of ether oxygens (including phenoxy) is 1. The molecule has 1 aliphatic carbocycles. The highest BCUT2D eigenvalue weighted by atomic mass is 19.1. The number of H-pyrrole nitrogens is 1. The van der Waals surface area contributed by atoms with Crippen LogP contribution in [0.2, 0.25) is 0 Å². The highest BCUT2D eigenvalue weighted by molar-refractivity contribution is 5.77. The molecule has 3 heterocycles. The van der Waals surface area contributed by atoms with Crippen molar-refractivity contribution in [3.8, 4) is 28.4 Å². The number of carboxylic acid groups (broad SMARTS) is 1. The third kappa shape index (κ3) is 4.21. The van der Waals surface area contributed by atoms with Crippen LogP contribution in [-0.4, -0.2) is 37.1 Å². The van der Waals surface area contributed by atoms with Gasteiger partial charge in [-0.25, -0.2) is 23.7 Å². The van der Waals surface area contributed by atoms with Gasteiger partial charge < -0.3 is 14.8 Å². The largest absolute Gasteiger partial charge is 0.481 e. The lowest BCUT2D eigenvalue weighted by Crippen LogP contribution is -2.36. The van der Waals surface area contributed by atoms with Crippen molar-refractivity contribution in [2.45, 2.75) is 38.7 Å². The number of pyridine rings is 2. The van der Waals surface area contributed by atoms with Crippen LogP contribution < -0.4 is 4.74 Å². The smallest absolute Gasteiger partial charge is 0.309 e. The molecule has 1 aliphatic rings. The van der Waals surface area contributed by atoms with Crippen molar-refractivity contribution in [3.05, 3.63) is 60.4 Å². The summed E-state index contributed by atoms with van der Waals surface area (Å²) in [5.74, 6) is -1.03. The molecular formula is C25H22F2N4O3. The molecule has 3 aromatic heterocycles. The Labute approximate surface area is 193 Å². The molecule has 1 saturated carbocycles. The first-order valence-electron chi connectivity index (χ1n) is 11.0. The zero-order valence-corrected chi connectivity index (χ0v) is 18.4. The maximum atomic E-state index is 14.9. The minimum Gasteiger partial charge on any atom is -0.481 e. The number of aliphatic carboxylic acids is 1. The van der Waals surface area contributed by atoms with Crippen LogP contribution in [-0.2, 0) is 4.79 Å². The summed E-state index contributed by atoms with van der Waals surface area (Å²) < 4.78 is 34.2. The average molecular weight is 464 g/mol. The molecule has 9 heteroatoms. The van der Waals surface area contributed by atoms with Gasteiger partial charge in [0.15, 0.2) is 5.65 Å². The van der Waals surface area contributed by atoms with E-state index in [-0.39, 0.29) is 17.5 Å². The Bertz CT molecular complexity index is 1360. The first-order chi connectivity index (χ1) is 16.3. The van der Waals surface area contributed by atoms with Crippen LogP contribution in [0.1, 0.15) is 32.6 Å². The van der Waals surface area contributed by atoms with Crippen LogP contribution in [0.4, 0.5) is 8.78 Å². The van der Waals surface area contributed by atoms with Gasteiger partial charge in [0.1, 0.15) is 23.6 Å². The monoisotopic (exact) mass is 464 g/mol. The normalized spacial score (nSPS) is 20.4. The fourth-order valence-electron chi connectivity index (χ4n) is 4.24. The van der Waals surface area contributed by atoms with Crippen molar-refractivity contribution in [2.75, 3.05) is 0 Å².